The Bertz CT molecular complexity index is 594. The van der Waals surface area contributed by atoms with E-state index in [0.29, 0.717) is 18.6 Å². The first-order valence-corrected chi connectivity index (χ1v) is 7.86. The Kier molecular flexibility index (Phi) is 3.73. The van der Waals surface area contributed by atoms with Gasteiger partial charge in [-0.15, -0.1) is 0 Å². The Morgan fingerprint density at radius 2 is 2.06 bits per heavy atom. The second-order valence-corrected chi connectivity index (χ2v) is 6.73. The molecule has 0 amide bonds. The van der Waals surface area contributed by atoms with Crippen LogP contribution in [0.2, 0.25) is 0 Å². The highest BCUT2D eigenvalue weighted by molar-refractivity contribution is 7.90. The van der Waals surface area contributed by atoms with Crippen molar-refractivity contribution in [2.24, 2.45) is 0 Å². The lowest BCUT2D eigenvalue weighted by atomic mass is 10.1. The molecular weight excluding hydrogens is 252 g/mol. The Balaban J connectivity index is 2.02. The highest BCUT2D eigenvalue weighted by Crippen LogP contribution is 2.26. The minimum Gasteiger partial charge on any atom is -0.458 e. The van der Waals surface area contributed by atoms with Crippen LogP contribution < -0.4 is 0 Å². The van der Waals surface area contributed by atoms with Gasteiger partial charge in [0.1, 0.15) is 27.3 Å². The molecule has 1 unspecified atom stereocenters. The van der Waals surface area contributed by atoms with E-state index in [9.17, 15) is 13.5 Å². The van der Waals surface area contributed by atoms with E-state index >= 15 is 0 Å². The van der Waals surface area contributed by atoms with Crippen molar-refractivity contribution in [1.29, 1.82) is 0 Å². The molecule has 0 fully saturated rings. The summed E-state index contributed by atoms with van der Waals surface area (Å²) in [5.41, 5.74) is 0.731. The van der Waals surface area contributed by atoms with E-state index in [-0.39, 0.29) is 5.75 Å². The van der Waals surface area contributed by atoms with E-state index in [0.717, 1.165) is 11.0 Å². The quantitative estimate of drug-likeness (QED) is 0.903. The fourth-order valence-corrected chi connectivity index (χ4v) is 2.54. The minimum atomic E-state index is -2.97. The van der Waals surface area contributed by atoms with Gasteiger partial charge >= 0.3 is 0 Å². The van der Waals surface area contributed by atoms with Crippen molar-refractivity contribution in [2.45, 2.75) is 18.9 Å². The molecule has 2 rings (SSSR count). The summed E-state index contributed by atoms with van der Waals surface area (Å²) in [6.07, 6.45) is 1.25. The normalized spacial score (nSPS) is 13.9. The lowest BCUT2D eigenvalue weighted by Gasteiger charge is -2.06. The fraction of sp³-hybridized carbons (Fsp3) is 0.385. The first-order chi connectivity index (χ1) is 8.46. The van der Waals surface area contributed by atoms with Crippen LogP contribution in [-0.2, 0) is 9.84 Å². The van der Waals surface area contributed by atoms with Crippen LogP contribution in [0.4, 0.5) is 0 Å². The van der Waals surface area contributed by atoms with Gasteiger partial charge in [-0.05, 0) is 25.0 Å². The van der Waals surface area contributed by atoms with Crippen LogP contribution in [0.25, 0.3) is 11.0 Å². The summed E-state index contributed by atoms with van der Waals surface area (Å²) in [4.78, 5) is 0. The summed E-state index contributed by atoms with van der Waals surface area (Å²) in [7, 11) is -2.97. The van der Waals surface area contributed by atoms with E-state index in [1.807, 2.05) is 24.3 Å². The van der Waals surface area contributed by atoms with Gasteiger partial charge in [-0.25, -0.2) is 8.42 Å². The Morgan fingerprint density at radius 1 is 1.33 bits per heavy atom. The third kappa shape index (κ3) is 3.34. The maximum Gasteiger partial charge on any atom is 0.147 e. The van der Waals surface area contributed by atoms with Crippen LogP contribution in [0.5, 0.6) is 0 Å². The number of aliphatic hydroxyl groups is 1. The summed E-state index contributed by atoms with van der Waals surface area (Å²) in [6, 6.07) is 9.30. The number of para-hydroxylation sites is 1. The number of fused-ring (bicyclic) bond motifs is 1. The standard InChI is InChI=1S/C13H16O4S/c1-18(15,16)8-4-6-11(14)13-9-10-5-2-3-7-12(10)17-13/h2-3,5,7,9,11,14H,4,6,8H2,1H3. The summed E-state index contributed by atoms with van der Waals surface area (Å²) in [6.45, 7) is 0. The molecule has 0 saturated carbocycles. The van der Waals surface area contributed by atoms with Crippen molar-refractivity contribution < 1.29 is 17.9 Å². The molecule has 1 aromatic carbocycles. The molecule has 1 atom stereocenters. The predicted molar refractivity (Wildman–Crippen MR) is 70.1 cm³/mol. The summed E-state index contributed by atoms with van der Waals surface area (Å²) >= 11 is 0. The first kappa shape index (κ1) is 13.1. The zero-order chi connectivity index (χ0) is 13.2. The number of hydrogen-bond donors (Lipinski definition) is 1. The van der Waals surface area contributed by atoms with Gasteiger partial charge in [0.2, 0.25) is 0 Å². The second kappa shape index (κ2) is 5.12. The highest BCUT2D eigenvalue weighted by Gasteiger charge is 2.14. The molecule has 0 bridgehead atoms. The van der Waals surface area contributed by atoms with E-state index in [1.165, 1.54) is 6.26 Å². The molecule has 1 aromatic heterocycles. The fourth-order valence-electron chi connectivity index (χ4n) is 1.85. The molecule has 0 radical (unpaired) electrons. The van der Waals surface area contributed by atoms with E-state index in [1.54, 1.807) is 6.07 Å². The molecule has 18 heavy (non-hydrogen) atoms. The summed E-state index contributed by atoms with van der Waals surface area (Å²) in [5, 5.41) is 10.9. The zero-order valence-electron chi connectivity index (χ0n) is 10.2. The van der Waals surface area contributed by atoms with Crippen molar-refractivity contribution in [3.8, 4) is 0 Å². The number of benzene rings is 1. The van der Waals surface area contributed by atoms with Crippen LogP contribution in [0, 0.1) is 0 Å². The van der Waals surface area contributed by atoms with Gasteiger partial charge in [0.25, 0.3) is 0 Å². The highest BCUT2D eigenvalue weighted by atomic mass is 32.2. The molecule has 0 aliphatic rings. The summed E-state index contributed by atoms with van der Waals surface area (Å²) < 4.78 is 27.5. The third-order valence-electron chi connectivity index (χ3n) is 2.77. The first-order valence-electron chi connectivity index (χ1n) is 5.80. The summed E-state index contributed by atoms with van der Waals surface area (Å²) in [5.74, 6) is 0.578. The van der Waals surface area contributed by atoms with Gasteiger partial charge < -0.3 is 9.52 Å². The maximum atomic E-state index is 11.0. The minimum absolute atomic E-state index is 0.0876. The number of sulfone groups is 1. The average Bonchev–Trinajstić information content (AvgIpc) is 2.70. The maximum absolute atomic E-state index is 11.0. The van der Waals surface area contributed by atoms with E-state index < -0.39 is 15.9 Å². The molecule has 5 heteroatoms. The Morgan fingerprint density at radius 3 is 2.72 bits per heavy atom. The van der Waals surface area contributed by atoms with Gasteiger partial charge in [-0.1, -0.05) is 18.2 Å². The van der Waals surface area contributed by atoms with Crippen LogP contribution in [0.3, 0.4) is 0 Å². The lowest BCUT2D eigenvalue weighted by molar-refractivity contribution is 0.142. The van der Waals surface area contributed by atoms with E-state index in [2.05, 4.69) is 0 Å². The van der Waals surface area contributed by atoms with Crippen molar-refractivity contribution in [1.82, 2.24) is 0 Å². The number of furan rings is 1. The van der Waals surface area contributed by atoms with Crippen LogP contribution in [0.1, 0.15) is 24.7 Å². The molecule has 98 valence electrons. The Labute approximate surface area is 106 Å². The largest absolute Gasteiger partial charge is 0.458 e. The molecule has 1 N–H and O–H groups in total. The lowest BCUT2D eigenvalue weighted by Crippen LogP contribution is -2.05. The molecular formula is C13H16O4S. The Hall–Kier alpha value is -1.33. The monoisotopic (exact) mass is 268 g/mol. The van der Waals surface area contributed by atoms with Crippen LogP contribution in [-0.4, -0.2) is 25.5 Å². The molecule has 2 aromatic rings. The smallest absolute Gasteiger partial charge is 0.147 e. The van der Waals surface area contributed by atoms with Gasteiger partial charge in [0.15, 0.2) is 0 Å². The average molecular weight is 268 g/mol. The molecule has 1 heterocycles. The zero-order valence-corrected chi connectivity index (χ0v) is 11.0. The van der Waals surface area contributed by atoms with Crippen LogP contribution in [0.15, 0.2) is 34.7 Å². The van der Waals surface area contributed by atoms with Crippen molar-refractivity contribution >= 4 is 20.8 Å². The second-order valence-electron chi connectivity index (χ2n) is 4.47. The molecule has 0 spiro atoms. The molecule has 0 aliphatic carbocycles. The van der Waals surface area contributed by atoms with Gasteiger partial charge in [0, 0.05) is 17.4 Å². The SMILES string of the molecule is CS(=O)(=O)CCCC(O)c1cc2ccccc2o1. The molecule has 0 saturated heterocycles. The van der Waals surface area contributed by atoms with Gasteiger partial charge in [0.05, 0.1) is 0 Å². The van der Waals surface area contributed by atoms with Crippen molar-refractivity contribution in [3.63, 3.8) is 0 Å². The van der Waals surface area contributed by atoms with Gasteiger partial charge in [-0.3, -0.25) is 0 Å². The number of rotatable bonds is 5. The van der Waals surface area contributed by atoms with E-state index in [4.69, 9.17) is 4.42 Å². The third-order valence-corrected chi connectivity index (χ3v) is 3.80. The van der Waals surface area contributed by atoms with Crippen LogP contribution >= 0.6 is 0 Å². The van der Waals surface area contributed by atoms with Gasteiger partial charge in [-0.2, -0.15) is 0 Å². The molecule has 0 aliphatic heterocycles. The number of hydrogen-bond acceptors (Lipinski definition) is 4. The molecule has 4 nitrogen and oxygen atoms in total. The van der Waals surface area contributed by atoms with Crippen molar-refractivity contribution in [3.05, 3.63) is 36.1 Å². The van der Waals surface area contributed by atoms with Crippen molar-refractivity contribution in [2.75, 3.05) is 12.0 Å². The number of aliphatic hydroxyl groups excluding tert-OH is 1. The predicted octanol–water partition coefficient (Wildman–Crippen LogP) is 2.29. The topological polar surface area (TPSA) is 67.5 Å².